The van der Waals surface area contributed by atoms with Crippen molar-refractivity contribution in [1.82, 2.24) is 19.9 Å². The van der Waals surface area contributed by atoms with Crippen LogP contribution in [0.1, 0.15) is 25.7 Å². The first-order valence-corrected chi connectivity index (χ1v) is 20.6. The Labute approximate surface area is 347 Å². The predicted molar refractivity (Wildman–Crippen MR) is 226 cm³/mol. The van der Waals surface area contributed by atoms with Crippen LogP contribution in [0.15, 0.2) is 73.3 Å². The van der Waals surface area contributed by atoms with Crippen LogP contribution < -0.4 is 35.1 Å². The van der Waals surface area contributed by atoms with Crippen molar-refractivity contribution in [1.29, 1.82) is 0 Å². The number of aliphatic hydroxyl groups is 2. The molecule has 0 aromatic carbocycles. The number of nitrogens with zero attached hydrogens (tertiary/aromatic N) is 9. The average Bonchev–Trinajstić information content (AvgIpc) is 3.90. The number of nitrogens with one attached hydrogen (secondary N) is 2. The smallest absolute Gasteiger partial charge is 0.327 e. The zero-order valence-electron chi connectivity index (χ0n) is 32.8. The first kappa shape index (κ1) is 40.4. The van der Waals surface area contributed by atoms with Gasteiger partial charge in [0, 0.05) is 64.2 Å². The molecule has 10 heterocycles. The Kier molecular flexibility index (Phi) is 12.8. The Morgan fingerprint density at radius 2 is 1.34 bits per heavy atom. The minimum atomic E-state index is -0.199. The normalized spacial score (nSPS) is 22.6. The van der Waals surface area contributed by atoms with Gasteiger partial charge in [0.05, 0.1) is 79.7 Å². The third-order valence-corrected chi connectivity index (χ3v) is 11.6. The van der Waals surface area contributed by atoms with E-state index in [0.717, 1.165) is 82.3 Å². The number of morpholine rings is 1. The molecular weight excluding hydrogens is 778 g/mol. The van der Waals surface area contributed by atoms with Gasteiger partial charge in [-0.15, -0.1) is 0 Å². The van der Waals surface area contributed by atoms with Gasteiger partial charge in [-0.25, -0.2) is 19.6 Å². The Balaban J connectivity index is 0.000000142. The Hall–Kier alpha value is -5.33. The summed E-state index contributed by atoms with van der Waals surface area (Å²) in [4.78, 5) is 53.3. The van der Waals surface area contributed by atoms with E-state index >= 15 is 0 Å². The van der Waals surface area contributed by atoms with Crippen molar-refractivity contribution < 1.29 is 29.3 Å². The SMILES string of the molecule is O=C(Nc1cccnc1)N1c2nc(Cl)ccc2N2CC[C@H]1C2.O=C(Nc1cccnc1)N1c2nc(N3CCOC[C@@H]3CO)ccc2N2CC[C@H]1C2.OC[C@@H]1CCCOC1. The van der Waals surface area contributed by atoms with E-state index in [1.165, 1.54) is 0 Å². The van der Waals surface area contributed by atoms with Gasteiger partial charge in [0.2, 0.25) is 0 Å². The minimum absolute atomic E-state index is 0.00127. The maximum absolute atomic E-state index is 13.2. The van der Waals surface area contributed by atoms with Gasteiger partial charge in [-0.3, -0.25) is 19.8 Å². The van der Waals surface area contributed by atoms with Crippen LogP contribution in [-0.2, 0) is 9.47 Å². The number of aliphatic hydroxyl groups excluding tert-OH is 2. The van der Waals surface area contributed by atoms with E-state index in [4.69, 9.17) is 31.2 Å². The summed E-state index contributed by atoms with van der Waals surface area (Å²) in [6, 6.07) is 14.6. The molecule has 4 atom stereocenters. The minimum Gasteiger partial charge on any atom is -0.396 e. The zero-order valence-corrected chi connectivity index (χ0v) is 33.5. The summed E-state index contributed by atoms with van der Waals surface area (Å²) in [5, 5.41) is 24.5. The van der Waals surface area contributed by atoms with Crippen molar-refractivity contribution in [2.24, 2.45) is 5.92 Å². The van der Waals surface area contributed by atoms with Crippen LogP contribution in [0.5, 0.6) is 0 Å². The quantitative estimate of drug-likeness (QED) is 0.207. The highest BCUT2D eigenvalue weighted by Crippen LogP contribution is 2.41. The number of ether oxygens (including phenoxy) is 2. The monoisotopic (exact) mass is 827 g/mol. The van der Waals surface area contributed by atoms with Gasteiger partial charge >= 0.3 is 12.1 Å². The Morgan fingerprint density at radius 3 is 1.88 bits per heavy atom. The van der Waals surface area contributed by atoms with Crippen molar-refractivity contribution in [3.05, 3.63) is 78.5 Å². The first-order chi connectivity index (χ1) is 28.9. The van der Waals surface area contributed by atoms with Crippen LogP contribution in [-0.4, -0.2) is 133 Å². The summed E-state index contributed by atoms with van der Waals surface area (Å²) < 4.78 is 10.6. The fourth-order valence-electron chi connectivity index (χ4n) is 8.37. The summed E-state index contributed by atoms with van der Waals surface area (Å²) in [7, 11) is 0. The third-order valence-electron chi connectivity index (χ3n) is 11.4. The van der Waals surface area contributed by atoms with E-state index in [1.54, 1.807) is 52.8 Å². The topological polar surface area (TPSA) is 185 Å². The molecule has 6 aliphatic heterocycles. The largest absolute Gasteiger partial charge is 0.396 e. The molecule has 10 rings (SSSR count). The zero-order chi connectivity index (χ0) is 40.7. The second-order valence-corrected chi connectivity index (χ2v) is 15.6. The Bertz CT molecular complexity index is 2050. The van der Waals surface area contributed by atoms with Crippen molar-refractivity contribution >= 4 is 63.9 Å². The number of carbonyl (C=O) groups is 2. The highest BCUT2D eigenvalue weighted by molar-refractivity contribution is 6.29. The van der Waals surface area contributed by atoms with Crippen molar-refractivity contribution in [3.63, 3.8) is 0 Å². The summed E-state index contributed by atoms with van der Waals surface area (Å²) in [6.07, 6.45) is 10.7. The molecule has 4 bridgehead atoms. The summed E-state index contributed by atoms with van der Waals surface area (Å²) in [5.74, 6) is 2.47. The van der Waals surface area contributed by atoms with Gasteiger partial charge in [-0.05, 0) is 74.2 Å². The van der Waals surface area contributed by atoms with Gasteiger partial charge in [0.1, 0.15) is 11.0 Å². The third kappa shape index (κ3) is 9.13. The number of hydrogen-bond donors (Lipinski definition) is 4. The van der Waals surface area contributed by atoms with Crippen molar-refractivity contribution in [3.8, 4) is 0 Å². The molecule has 0 saturated carbocycles. The second-order valence-electron chi connectivity index (χ2n) is 15.2. The predicted octanol–water partition coefficient (Wildman–Crippen LogP) is 4.47. The van der Waals surface area contributed by atoms with Crippen LogP contribution in [0.25, 0.3) is 0 Å². The molecular formula is C41H50ClN11O6. The van der Waals surface area contributed by atoms with E-state index in [0.29, 0.717) is 60.4 Å². The molecule has 0 spiro atoms. The van der Waals surface area contributed by atoms with Gasteiger partial charge in [-0.2, -0.15) is 0 Å². The lowest BCUT2D eigenvalue weighted by atomic mass is 10.0. The van der Waals surface area contributed by atoms with Gasteiger partial charge < -0.3 is 45.0 Å². The van der Waals surface area contributed by atoms with Crippen LogP contribution >= 0.6 is 11.6 Å². The molecule has 0 unspecified atom stereocenters. The molecule has 4 amide bonds. The summed E-state index contributed by atoms with van der Waals surface area (Å²) in [6.45, 7) is 7.13. The number of hydrogen-bond acceptors (Lipinski definition) is 13. The molecule has 6 aliphatic rings. The number of halogens is 1. The van der Waals surface area contributed by atoms with Crippen LogP contribution in [0.3, 0.4) is 0 Å². The number of carbonyl (C=O) groups excluding carboxylic acids is 2. The van der Waals surface area contributed by atoms with E-state index in [-0.39, 0.29) is 36.8 Å². The Morgan fingerprint density at radius 1 is 0.729 bits per heavy atom. The fourth-order valence-corrected chi connectivity index (χ4v) is 8.51. The van der Waals surface area contributed by atoms with E-state index < -0.39 is 0 Å². The lowest BCUT2D eigenvalue weighted by Crippen LogP contribution is -2.50. The molecule has 4 saturated heterocycles. The maximum Gasteiger partial charge on any atom is 0.327 e. The summed E-state index contributed by atoms with van der Waals surface area (Å²) >= 11 is 6.02. The number of urea groups is 2. The standard InChI is InChI=1S/C20H24N6O3.C15H14ClN5O.C6H12O2/c27-12-16-13-29-9-8-25(16)18-4-3-17-19(23-18)26(15-5-7-24(17)11-15)20(28)22-14-2-1-6-21-10-14;16-13-4-3-12-14(19-13)21(11-5-7-20(12)9-11)15(22)18-10-2-1-6-17-8-10;7-4-6-2-1-3-8-5-6/h1-4,6,10,15-16,27H,5,7-9,11-13H2,(H,22,28);1-4,6,8,11H,5,7,9H2,(H,18,22);6-7H,1-5H2/t15-,16-;11-;6-/m000/s1. The highest BCUT2D eigenvalue weighted by atomic mass is 35.5. The number of anilines is 7. The second kappa shape index (κ2) is 18.7. The molecule has 0 aliphatic carbocycles. The molecule has 312 valence electrons. The lowest BCUT2D eigenvalue weighted by molar-refractivity contribution is 0.0304. The van der Waals surface area contributed by atoms with Gasteiger partial charge in [0.25, 0.3) is 0 Å². The first-order valence-electron chi connectivity index (χ1n) is 20.2. The van der Waals surface area contributed by atoms with Crippen LogP contribution in [0.2, 0.25) is 5.15 Å². The van der Waals surface area contributed by atoms with Gasteiger partial charge in [-0.1, -0.05) is 11.6 Å². The van der Waals surface area contributed by atoms with Crippen molar-refractivity contribution in [2.45, 2.75) is 43.8 Å². The van der Waals surface area contributed by atoms with Gasteiger partial charge in [0.15, 0.2) is 11.6 Å². The van der Waals surface area contributed by atoms with E-state index in [9.17, 15) is 14.7 Å². The molecule has 0 radical (unpaired) electrons. The average molecular weight is 828 g/mol. The number of fused-ring (bicyclic) bond motifs is 8. The number of rotatable bonds is 5. The molecule has 17 nitrogen and oxygen atoms in total. The molecule has 4 N–H and O–H groups in total. The summed E-state index contributed by atoms with van der Waals surface area (Å²) in [5.41, 5.74) is 3.25. The maximum atomic E-state index is 13.2. The molecule has 18 heteroatoms. The number of pyridine rings is 4. The van der Waals surface area contributed by atoms with Crippen LogP contribution in [0, 0.1) is 5.92 Å². The van der Waals surface area contributed by atoms with Crippen molar-refractivity contribution in [2.75, 3.05) is 107 Å². The van der Waals surface area contributed by atoms with Crippen LogP contribution in [0.4, 0.5) is 49.8 Å². The molecule has 4 aromatic rings. The fraction of sp³-hybridized carbons (Fsp3) is 0.463. The number of aromatic nitrogens is 4. The molecule has 4 aromatic heterocycles. The number of amides is 4. The van der Waals surface area contributed by atoms with E-state index in [2.05, 4.69) is 40.3 Å². The van der Waals surface area contributed by atoms with E-state index in [1.807, 2.05) is 30.3 Å². The lowest BCUT2D eigenvalue weighted by Gasteiger charge is -2.39. The highest BCUT2D eigenvalue weighted by Gasteiger charge is 2.42. The molecule has 59 heavy (non-hydrogen) atoms. The molecule has 4 fully saturated rings.